The van der Waals surface area contributed by atoms with Crippen LogP contribution in [0.5, 0.6) is 11.5 Å². The fourth-order valence-electron chi connectivity index (χ4n) is 2.55. The van der Waals surface area contributed by atoms with Crippen molar-refractivity contribution >= 4 is 17.5 Å². The maximum atomic E-state index is 12.0. The standard InChI is InChI=1S/C15H20ClNO3/c1-19-13-7-11(12(16)8-14(13)20-2)9-17-15(18)10-5-3-4-6-10/h7-8,10H,3-6,9H2,1-2H3,(H,17,18). The van der Waals surface area contributed by atoms with Gasteiger partial charge in [-0.1, -0.05) is 24.4 Å². The van der Waals surface area contributed by atoms with E-state index in [1.165, 1.54) is 0 Å². The van der Waals surface area contributed by atoms with Gasteiger partial charge in [-0.25, -0.2) is 0 Å². The van der Waals surface area contributed by atoms with Crippen LogP contribution in [0.2, 0.25) is 5.02 Å². The molecule has 1 aromatic carbocycles. The van der Waals surface area contributed by atoms with Gasteiger partial charge in [-0.05, 0) is 24.5 Å². The zero-order chi connectivity index (χ0) is 14.5. The van der Waals surface area contributed by atoms with Crippen LogP contribution < -0.4 is 14.8 Å². The Hall–Kier alpha value is -1.42. The lowest BCUT2D eigenvalue weighted by Crippen LogP contribution is -2.28. The van der Waals surface area contributed by atoms with Crippen LogP contribution >= 0.6 is 11.6 Å². The number of amides is 1. The average Bonchev–Trinajstić information content (AvgIpc) is 2.99. The first-order valence-electron chi connectivity index (χ1n) is 6.83. The van der Waals surface area contributed by atoms with E-state index in [2.05, 4.69) is 5.32 Å². The van der Waals surface area contributed by atoms with Gasteiger partial charge in [0.2, 0.25) is 5.91 Å². The smallest absolute Gasteiger partial charge is 0.223 e. The Balaban J connectivity index is 2.03. The monoisotopic (exact) mass is 297 g/mol. The number of ether oxygens (including phenoxy) is 2. The topological polar surface area (TPSA) is 47.6 Å². The molecule has 2 rings (SSSR count). The molecule has 0 atom stereocenters. The molecule has 0 bridgehead atoms. The van der Waals surface area contributed by atoms with Crippen LogP contribution in [0.25, 0.3) is 0 Å². The van der Waals surface area contributed by atoms with Crippen molar-refractivity contribution in [3.8, 4) is 11.5 Å². The van der Waals surface area contributed by atoms with Gasteiger partial charge >= 0.3 is 0 Å². The number of nitrogens with one attached hydrogen (secondary N) is 1. The third kappa shape index (κ3) is 3.37. The van der Waals surface area contributed by atoms with Gasteiger partial charge in [-0.3, -0.25) is 4.79 Å². The summed E-state index contributed by atoms with van der Waals surface area (Å²) in [5.74, 6) is 1.48. The van der Waals surface area contributed by atoms with Crippen LogP contribution in [-0.4, -0.2) is 20.1 Å². The fraction of sp³-hybridized carbons (Fsp3) is 0.533. The van der Waals surface area contributed by atoms with Crippen molar-refractivity contribution in [1.29, 1.82) is 0 Å². The lowest BCUT2D eigenvalue weighted by atomic mass is 10.1. The number of hydrogen-bond acceptors (Lipinski definition) is 3. The van der Waals surface area contributed by atoms with Gasteiger partial charge in [-0.2, -0.15) is 0 Å². The molecule has 110 valence electrons. The van der Waals surface area contributed by atoms with Crippen LogP contribution in [-0.2, 0) is 11.3 Å². The Kier molecular flexibility index (Phi) is 5.12. The van der Waals surface area contributed by atoms with Gasteiger partial charge in [0.15, 0.2) is 11.5 Å². The highest BCUT2D eigenvalue weighted by Crippen LogP contribution is 2.33. The molecule has 1 aromatic rings. The number of hydrogen-bond donors (Lipinski definition) is 1. The lowest BCUT2D eigenvalue weighted by molar-refractivity contribution is -0.124. The Morgan fingerprint density at radius 3 is 2.45 bits per heavy atom. The zero-order valence-electron chi connectivity index (χ0n) is 11.9. The number of benzene rings is 1. The van der Waals surface area contributed by atoms with Crippen molar-refractivity contribution in [1.82, 2.24) is 5.32 Å². The first kappa shape index (κ1) is 15.0. The van der Waals surface area contributed by atoms with Gasteiger partial charge in [0.1, 0.15) is 0 Å². The molecule has 0 spiro atoms. The summed E-state index contributed by atoms with van der Waals surface area (Å²) < 4.78 is 10.4. The third-order valence-corrected chi connectivity index (χ3v) is 4.08. The highest BCUT2D eigenvalue weighted by molar-refractivity contribution is 6.31. The van der Waals surface area contributed by atoms with Gasteiger partial charge in [0, 0.05) is 23.6 Å². The second-order valence-corrected chi connectivity index (χ2v) is 5.40. The minimum absolute atomic E-state index is 0.119. The molecule has 4 nitrogen and oxygen atoms in total. The summed E-state index contributed by atoms with van der Waals surface area (Å²) in [6.07, 6.45) is 4.28. The van der Waals surface area contributed by atoms with E-state index in [-0.39, 0.29) is 11.8 Å². The summed E-state index contributed by atoms with van der Waals surface area (Å²) in [6, 6.07) is 3.51. The number of rotatable bonds is 5. The second kappa shape index (κ2) is 6.84. The van der Waals surface area contributed by atoms with Crippen LogP contribution in [0.4, 0.5) is 0 Å². The predicted molar refractivity (Wildman–Crippen MR) is 78.4 cm³/mol. The van der Waals surface area contributed by atoms with Crippen molar-refractivity contribution in [2.24, 2.45) is 5.92 Å². The van der Waals surface area contributed by atoms with Crippen molar-refractivity contribution in [2.75, 3.05) is 14.2 Å². The van der Waals surface area contributed by atoms with E-state index in [0.29, 0.717) is 23.1 Å². The number of methoxy groups -OCH3 is 2. The molecule has 0 aromatic heterocycles. The molecule has 1 amide bonds. The number of carbonyl (C=O) groups is 1. The Labute approximate surface area is 124 Å². The summed E-state index contributed by atoms with van der Waals surface area (Å²) in [4.78, 5) is 12.0. The molecule has 20 heavy (non-hydrogen) atoms. The zero-order valence-corrected chi connectivity index (χ0v) is 12.6. The normalized spacial score (nSPS) is 15.2. The fourth-order valence-corrected chi connectivity index (χ4v) is 2.77. The largest absolute Gasteiger partial charge is 0.493 e. The van der Waals surface area contributed by atoms with E-state index in [1.807, 2.05) is 0 Å². The van der Waals surface area contributed by atoms with Crippen molar-refractivity contribution in [3.05, 3.63) is 22.7 Å². The maximum absolute atomic E-state index is 12.0. The van der Waals surface area contributed by atoms with Crippen molar-refractivity contribution < 1.29 is 14.3 Å². The molecule has 0 saturated heterocycles. The van der Waals surface area contributed by atoms with E-state index < -0.39 is 0 Å². The molecule has 0 aliphatic heterocycles. The Morgan fingerprint density at radius 1 is 1.25 bits per heavy atom. The van der Waals surface area contributed by atoms with Crippen molar-refractivity contribution in [2.45, 2.75) is 32.2 Å². The Bertz CT molecular complexity index is 484. The van der Waals surface area contributed by atoms with Gasteiger partial charge in [0.25, 0.3) is 0 Å². The SMILES string of the molecule is COc1cc(Cl)c(CNC(=O)C2CCCC2)cc1OC. The Morgan fingerprint density at radius 2 is 1.85 bits per heavy atom. The maximum Gasteiger partial charge on any atom is 0.223 e. The van der Waals surface area contributed by atoms with Crippen LogP contribution in [0.15, 0.2) is 12.1 Å². The molecule has 1 saturated carbocycles. The minimum atomic E-state index is 0.119. The second-order valence-electron chi connectivity index (χ2n) is 5.00. The molecule has 1 fully saturated rings. The van der Waals surface area contributed by atoms with E-state index >= 15 is 0 Å². The number of halogens is 1. The highest BCUT2D eigenvalue weighted by atomic mass is 35.5. The van der Waals surface area contributed by atoms with E-state index in [1.54, 1.807) is 26.4 Å². The van der Waals surface area contributed by atoms with Gasteiger partial charge < -0.3 is 14.8 Å². The first-order valence-corrected chi connectivity index (χ1v) is 7.21. The minimum Gasteiger partial charge on any atom is -0.493 e. The number of carbonyl (C=O) groups excluding carboxylic acids is 1. The quantitative estimate of drug-likeness (QED) is 0.908. The highest BCUT2D eigenvalue weighted by Gasteiger charge is 2.22. The summed E-state index contributed by atoms with van der Waals surface area (Å²) in [6.45, 7) is 0.411. The summed E-state index contributed by atoms with van der Waals surface area (Å²) in [5, 5.41) is 3.51. The summed E-state index contributed by atoms with van der Waals surface area (Å²) in [7, 11) is 3.14. The van der Waals surface area contributed by atoms with E-state index in [9.17, 15) is 4.79 Å². The molecule has 0 unspecified atom stereocenters. The molecule has 1 aliphatic carbocycles. The van der Waals surface area contributed by atoms with Crippen LogP contribution in [0.1, 0.15) is 31.2 Å². The molecule has 5 heteroatoms. The molecule has 0 radical (unpaired) electrons. The van der Waals surface area contributed by atoms with Gasteiger partial charge in [-0.15, -0.1) is 0 Å². The molecule has 1 N–H and O–H groups in total. The third-order valence-electron chi connectivity index (χ3n) is 3.73. The summed E-state index contributed by atoms with van der Waals surface area (Å²) >= 11 is 6.19. The van der Waals surface area contributed by atoms with E-state index in [0.717, 1.165) is 31.2 Å². The van der Waals surface area contributed by atoms with Gasteiger partial charge in [0.05, 0.1) is 14.2 Å². The molecular formula is C15H20ClNO3. The first-order chi connectivity index (χ1) is 9.65. The lowest BCUT2D eigenvalue weighted by Gasteiger charge is -2.14. The molecule has 0 heterocycles. The van der Waals surface area contributed by atoms with Crippen LogP contribution in [0.3, 0.4) is 0 Å². The van der Waals surface area contributed by atoms with Crippen molar-refractivity contribution in [3.63, 3.8) is 0 Å². The van der Waals surface area contributed by atoms with E-state index in [4.69, 9.17) is 21.1 Å². The predicted octanol–water partition coefficient (Wildman–Crippen LogP) is 3.16. The molecule has 1 aliphatic rings. The van der Waals surface area contributed by atoms with Crippen LogP contribution in [0, 0.1) is 5.92 Å². The molecular weight excluding hydrogens is 278 g/mol. The average molecular weight is 298 g/mol. The summed E-state index contributed by atoms with van der Waals surface area (Å²) in [5.41, 5.74) is 0.829.